The van der Waals surface area contributed by atoms with Crippen molar-refractivity contribution < 1.29 is 9.47 Å². The first-order valence-corrected chi connectivity index (χ1v) is 10.7. The van der Waals surface area contributed by atoms with E-state index < -0.39 is 0 Å². The van der Waals surface area contributed by atoms with Crippen LogP contribution in [0.2, 0.25) is 0 Å². The Kier molecular flexibility index (Phi) is 8.08. The molecule has 0 amide bonds. The third-order valence-corrected chi connectivity index (χ3v) is 5.17. The molecule has 32 heavy (non-hydrogen) atoms. The minimum Gasteiger partial charge on any atom is -0.497 e. The zero-order chi connectivity index (χ0) is 22.9. The van der Waals surface area contributed by atoms with Crippen molar-refractivity contribution in [1.82, 2.24) is 25.0 Å². The molecule has 8 heteroatoms. The Morgan fingerprint density at radius 2 is 1.69 bits per heavy atom. The lowest BCUT2D eigenvalue weighted by atomic mass is 10.2. The van der Waals surface area contributed by atoms with Crippen molar-refractivity contribution >= 4 is 5.96 Å². The summed E-state index contributed by atoms with van der Waals surface area (Å²) in [7, 11) is 5.65. The molecule has 0 saturated carbocycles. The number of hydrogen-bond acceptors (Lipinski definition) is 5. The molecule has 0 fully saturated rings. The first-order valence-electron chi connectivity index (χ1n) is 10.7. The average molecular weight is 437 g/mol. The van der Waals surface area contributed by atoms with Crippen LogP contribution >= 0.6 is 0 Å². The number of benzene rings is 2. The summed E-state index contributed by atoms with van der Waals surface area (Å²) in [5, 5.41) is 11.8. The molecule has 2 aromatic carbocycles. The number of ether oxygens (including phenoxy) is 2. The fourth-order valence-corrected chi connectivity index (χ4v) is 3.18. The molecule has 0 unspecified atom stereocenters. The van der Waals surface area contributed by atoms with Gasteiger partial charge in [0, 0.05) is 20.6 Å². The third-order valence-electron chi connectivity index (χ3n) is 5.17. The molecule has 0 radical (unpaired) electrons. The predicted octanol–water partition coefficient (Wildman–Crippen LogP) is 3.31. The van der Waals surface area contributed by atoms with Gasteiger partial charge in [-0.05, 0) is 49.2 Å². The van der Waals surface area contributed by atoms with Crippen molar-refractivity contribution in [2.45, 2.75) is 33.5 Å². The number of methoxy groups -OCH3 is 1. The number of rotatable bonds is 9. The summed E-state index contributed by atoms with van der Waals surface area (Å²) in [4.78, 5) is 6.95. The molecule has 0 aliphatic rings. The minimum absolute atomic E-state index is 0.534. The van der Waals surface area contributed by atoms with Crippen molar-refractivity contribution in [3.63, 3.8) is 0 Å². The van der Waals surface area contributed by atoms with E-state index in [1.165, 1.54) is 5.56 Å². The number of aryl methyl sites for hydroxylation is 1. The second-order valence-electron chi connectivity index (χ2n) is 7.50. The van der Waals surface area contributed by atoms with Crippen LogP contribution in [0, 0.1) is 6.92 Å². The van der Waals surface area contributed by atoms with Gasteiger partial charge in [0.15, 0.2) is 11.8 Å². The lowest BCUT2D eigenvalue weighted by Crippen LogP contribution is -2.38. The van der Waals surface area contributed by atoms with Crippen LogP contribution in [0.25, 0.3) is 0 Å². The molecule has 0 aliphatic heterocycles. The van der Waals surface area contributed by atoms with Gasteiger partial charge >= 0.3 is 0 Å². The van der Waals surface area contributed by atoms with E-state index in [-0.39, 0.29) is 0 Å². The summed E-state index contributed by atoms with van der Waals surface area (Å²) >= 11 is 0. The van der Waals surface area contributed by atoms with Crippen LogP contribution < -0.4 is 14.8 Å². The van der Waals surface area contributed by atoms with E-state index in [1.54, 1.807) is 7.11 Å². The monoisotopic (exact) mass is 436 g/mol. The predicted molar refractivity (Wildman–Crippen MR) is 126 cm³/mol. The van der Waals surface area contributed by atoms with E-state index in [9.17, 15) is 0 Å². The molecule has 0 atom stereocenters. The SMILES string of the molecule is CCOc1ccc(CN(C)C(=NCc2ccc(OC)cc2)NCc2nnc(C)n2C)cc1. The van der Waals surface area contributed by atoms with Crippen LogP contribution in [0.3, 0.4) is 0 Å². The molecular weight excluding hydrogens is 404 g/mol. The molecule has 1 heterocycles. The highest BCUT2D eigenvalue weighted by molar-refractivity contribution is 5.79. The Hall–Kier alpha value is -3.55. The molecule has 3 rings (SSSR count). The van der Waals surface area contributed by atoms with Gasteiger partial charge in [0.1, 0.15) is 17.3 Å². The Morgan fingerprint density at radius 1 is 1.03 bits per heavy atom. The maximum atomic E-state index is 5.54. The molecule has 0 spiro atoms. The van der Waals surface area contributed by atoms with Gasteiger partial charge in [0.25, 0.3) is 0 Å². The summed E-state index contributed by atoms with van der Waals surface area (Å²) in [6, 6.07) is 16.1. The molecule has 8 nitrogen and oxygen atoms in total. The van der Waals surface area contributed by atoms with Gasteiger partial charge in [-0.1, -0.05) is 24.3 Å². The Bertz CT molecular complexity index is 1010. The number of nitrogens with zero attached hydrogens (tertiary/aromatic N) is 5. The van der Waals surface area contributed by atoms with Gasteiger partial charge in [-0.15, -0.1) is 10.2 Å². The van der Waals surface area contributed by atoms with Crippen LogP contribution in [-0.4, -0.2) is 46.4 Å². The van der Waals surface area contributed by atoms with E-state index in [0.717, 1.165) is 34.7 Å². The molecule has 0 aliphatic carbocycles. The van der Waals surface area contributed by atoms with Gasteiger partial charge in [0.2, 0.25) is 0 Å². The van der Waals surface area contributed by atoms with Gasteiger partial charge < -0.3 is 24.3 Å². The number of nitrogens with one attached hydrogen (secondary N) is 1. The normalized spacial score (nSPS) is 11.3. The lowest BCUT2D eigenvalue weighted by Gasteiger charge is -2.23. The zero-order valence-electron chi connectivity index (χ0n) is 19.5. The van der Waals surface area contributed by atoms with E-state index in [0.29, 0.717) is 26.2 Å². The molecule has 0 saturated heterocycles. The lowest BCUT2D eigenvalue weighted by molar-refractivity contribution is 0.340. The largest absolute Gasteiger partial charge is 0.497 e. The summed E-state index contributed by atoms with van der Waals surface area (Å²) in [5.41, 5.74) is 2.28. The highest BCUT2D eigenvalue weighted by Crippen LogP contribution is 2.14. The van der Waals surface area contributed by atoms with Crippen LogP contribution in [0.5, 0.6) is 11.5 Å². The summed E-state index contributed by atoms with van der Waals surface area (Å²) in [6.07, 6.45) is 0. The van der Waals surface area contributed by atoms with Gasteiger partial charge in [-0.3, -0.25) is 0 Å². The fourth-order valence-electron chi connectivity index (χ4n) is 3.18. The van der Waals surface area contributed by atoms with Gasteiger partial charge in [-0.25, -0.2) is 4.99 Å². The Balaban J connectivity index is 1.73. The third kappa shape index (κ3) is 6.23. The quantitative estimate of drug-likeness (QED) is 0.410. The van der Waals surface area contributed by atoms with Gasteiger partial charge in [-0.2, -0.15) is 0 Å². The molecule has 3 aromatic rings. The Morgan fingerprint density at radius 3 is 2.28 bits per heavy atom. The molecule has 1 N–H and O–H groups in total. The molecular formula is C24H32N6O2. The smallest absolute Gasteiger partial charge is 0.194 e. The minimum atomic E-state index is 0.534. The summed E-state index contributed by atoms with van der Waals surface area (Å²) < 4.78 is 12.8. The van der Waals surface area contributed by atoms with Crippen LogP contribution in [0.1, 0.15) is 29.7 Å². The zero-order valence-corrected chi connectivity index (χ0v) is 19.5. The highest BCUT2D eigenvalue weighted by atomic mass is 16.5. The van der Waals surface area contributed by atoms with E-state index in [2.05, 4.69) is 32.5 Å². The van der Waals surface area contributed by atoms with E-state index >= 15 is 0 Å². The second-order valence-corrected chi connectivity index (χ2v) is 7.50. The Labute approximate surface area is 189 Å². The van der Waals surface area contributed by atoms with Gasteiger partial charge in [0.05, 0.1) is 26.8 Å². The first-order chi connectivity index (χ1) is 15.5. The maximum Gasteiger partial charge on any atom is 0.194 e. The highest BCUT2D eigenvalue weighted by Gasteiger charge is 2.11. The van der Waals surface area contributed by atoms with Crippen molar-refractivity contribution in [2.75, 3.05) is 20.8 Å². The number of hydrogen-bond donors (Lipinski definition) is 1. The molecule has 1 aromatic heterocycles. The summed E-state index contributed by atoms with van der Waals surface area (Å²) in [6.45, 7) is 6.38. The van der Waals surface area contributed by atoms with Crippen molar-refractivity contribution in [3.8, 4) is 11.5 Å². The number of aliphatic imine (C=N–C) groups is 1. The fraction of sp³-hybridized carbons (Fsp3) is 0.375. The maximum absolute atomic E-state index is 5.54. The standard InChI is InChI=1S/C24H32N6O2/c1-6-32-22-13-9-20(10-14-22)17-29(3)24(26-16-23-28-27-18(2)30(23)4)25-15-19-7-11-21(31-5)12-8-19/h7-14H,6,15-17H2,1-5H3,(H,25,26). The number of aromatic nitrogens is 3. The van der Waals surface area contributed by atoms with Crippen LogP contribution in [-0.2, 0) is 26.7 Å². The van der Waals surface area contributed by atoms with Crippen LogP contribution in [0.15, 0.2) is 53.5 Å². The first kappa shape index (κ1) is 23.1. The second kappa shape index (κ2) is 11.2. The molecule has 170 valence electrons. The topological polar surface area (TPSA) is 76.8 Å². The van der Waals surface area contributed by atoms with Crippen molar-refractivity contribution in [3.05, 3.63) is 71.3 Å². The average Bonchev–Trinajstić information content (AvgIpc) is 3.13. The van der Waals surface area contributed by atoms with Crippen LogP contribution in [0.4, 0.5) is 0 Å². The van der Waals surface area contributed by atoms with E-state index in [4.69, 9.17) is 14.5 Å². The summed E-state index contributed by atoms with van der Waals surface area (Å²) in [5.74, 6) is 4.23. The number of guanidine groups is 1. The van der Waals surface area contributed by atoms with E-state index in [1.807, 2.05) is 68.9 Å². The van der Waals surface area contributed by atoms with Crippen molar-refractivity contribution in [1.29, 1.82) is 0 Å². The molecule has 0 bridgehead atoms. The van der Waals surface area contributed by atoms with Crippen molar-refractivity contribution in [2.24, 2.45) is 12.0 Å².